The average molecular weight is 265 g/mol. The molecule has 0 aromatic carbocycles. The van der Waals surface area contributed by atoms with Crippen LogP contribution in [0.2, 0.25) is 0 Å². The van der Waals surface area contributed by atoms with E-state index in [0.717, 1.165) is 18.5 Å². The smallest absolute Gasteiger partial charge is 0.107 e. The van der Waals surface area contributed by atoms with Gasteiger partial charge >= 0.3 is 0 Å². The number of aryl methyl sites for hydroxylation is 2. The first kappa shape index (κ1) is 12.6. The highest BCUT2D eigenvalue weighted by atomic mass is 32.1. The molecule has 0 amide bonds. The van der Waals surface area contributed by atoms with Gasteiger partial charge in [-0.2, -0.15) is 0 Å². The largest absolute Gasteiger partial charge is 0.312 e. The van der Waals surface area contributed by atoms with E-state index < -0.39 is 0 Å². The number of aromatic nitrogens is 1. The van der Waals surface area contributed by atoms with Crippen LogP contribution in [0.5, 0.6) is 0 Å². The quantitative estimate of drug-likeness (QED) is 0.909. The molecule has 0 bridgehead atoms. The third kappa shape index (κ3) is 2.92. The fourth-order valence-electron chi connectivity index (χ4n) is 2.78. The Morgan fingerprint density at radius 1 is 1.39 bits per heavy atom. The molecule has 4 heteroatoms. The standard InChI is InChI=1S/C14H23N3S/c1-10-11(2)18-14(16-10)9-17-7-3-6-15-13(8-17)12-4-5-12/h12-13,15H,3-9H2,1-2H3. The third-order valence-electron chi connectivity index (χ3n) is 4.14. The molecule has 2 heterocycles. The van der Waals surface area contributed by atoms with Gasteiger partial charge < -0.3 is 5.32 Å². The molecule has 1 N–H and O–H groups in total. The van der Waals surface area contributed by atoms with E-state index in [1.54, 1.807) is 0 Å². The van der Waals surface area contributed by atoms with Crippen LogP contribution in [0.1, 0.15) is 34.8 Å². The Labute approximate surface area is 114 Å². The number of nitrogens with one attached hydrogen (secondary N) is 1. The predicted molar refractivity (Wildman–Crippen MR) is 76.0 cm³/mol. The topological polar surface area (TPSA) is 28.2 Å². The minimum Gasteiger partial charge on any atom is -0.312 e. The van der Waals surface area contributed by atoms with Crippen LogP contribution in [0.3, 0.4) is 0 Å². The van der Waals surface area contributed by atoms with Crippen molar-refractivity contribution in [1.82, 2.24) is 15.2 Å². The lowest BCUT2D eigenvalue weighted by Crippen LogP contribution is -2.38. The maximum absolute atomic E-state index is 4.68. The number of nitrogens with zero attached hydrogens (tertiary/aromatic N) is 2. The molecule has 1 aliphatic heterocycles. The summed E-state index contributed by atoms with van der Waals surface area (Å²) < 4.78 is 0. The maximum atomic E-state index is 4.68. The van der Waals surface area contributed by atoms with Gasteiger partial charge in [-0.15, -0.1) is 11.3 Å². The first-order valence-electron chi connectivity index (χ1n) is 7.11. The van der Waals surface area contributed by atoms with Crippen molar-refractivity contribution in [1.29, 1.82) is 0 Å². The van der Waals surface area contributed by atoms with Gasteiger partial charge in [-0.1, -0.05) is 0 Å². The van der Waals surface area contributed by atoms with Crippen LogP contribution in [0.15, 0.2) is 0 Å². The molecule has 1 unspecified atom stereocenters. The van der Waals surface area contributed by atoms with E-state index in [4.69, 9.17) is 0 Å². The molecule has 1 aliphatic carbocycles. The first-order chi connectivity index (χ1) is 8.72. The van der Waals surface area contributed by atoms with E-state index in [1.165, 1.54) is 54.5 Å². The van der Waals surface area contributed by atoms with Gasteiger partial charge in [0.15, 0.2) is 0 Å². The van der Waals surface area contributed by atoms with Crippen molar-refractivity contribution in [3.63, 3.8) is 0 Å². The van der Waals surface area contributed by atoms with Crippen molar-refractivity contribution in [2.24, 2.45) is 5.92 Å². The zero-order chi connectivity index (χ0) is 12.5. The summed E-state index contributed by atoms with van der Waals surface area (Å²) in [7, 11) is 0. The lowest BCUT2D eigenvalue weighted by Gasteiger charge is -2.23. The Balaban J connectivity index is 1.63. The maximum Gasteiger partial charge on any atom is 0.107 e. The number of hydrogen-bond acceptors (Lipinski definition) is 4. The minimum absolute atomic E-state index is 0.731. The second kappa shape index (κ2) is 5.27. The van der Waals surface area contributed by atoms with Gasteiger partial charge in [0.05, 0.1) is 12.2 Å². The van der Waals surface area contributed by atoms with Crippen LogP contribution >= 0.6 is 11.3 Å². The van der Waals surface area contributed by atoms with Crippen molar-refractivity contribution in [3.05, 3.63) is 15.6 Å². The fourth-order valence-corrected chi connectivity index (χ4v) is 3.76. The predicted octanol–water partition coefficient (Wildman–Crippen LogP) is 2.33. The highest BCUT2D eigenvalue weighted by molar-refractivity contribution is 7.11. The highest BCUT2D eigenvalue weighted by Crippen LogP contribution is 2.33. The van der Waals surface area contributed by atoms with Gasteiger partial charge in [0.1, 0.15) is 5.01 Å². The molecule has 3 rings (SSSR count). The van der Waals surface area contributed by atoms with Gasteiger partial charge in [0.2, 0.25) is 0 Å². The van der Waals surface area contributed by atoms with Gasteiger partial charge in [-0.05, 0) is 52.1 Å². The van der Waals surface area contributed by atoms with Crippen molar-refractivity contribution in [2.45, 2.75) is 45.7 Å². The van der Waals surface area contributed by atoms with Crippen LogP contribution in [-0.2, 0) is 6.54 Å². The molecule has 0 radical (unpaired) electrons. The zero-order valence-corrected chi connectivity index (χ0v) is 12.2. The summed E-state index contributed by atoms with van der Waals surface area (Å²) in [6, 6.07) is 0.731. The van der Waals surface area contributed by atoms with E-state index in [2.05, 4.69) is 29.0 Å². The molecule has 18 heavy (non-hydrogen) atoms. The normalized spacial score (nSPS) is 26.2. The van der Waals surface area contributed by atoms with Crippen molar-refractivity contribution in [2.75, 3.05) is 19.6 Å². The lowest BCUT2D eigenvalue weighted by molar-refractivity contribution is 0.250. The molecule has 2 fully saturated rings. The SMILES string of the molecule is Cc1nc(CN2CCCNC(C3CC3)C2)sc1C. The number of thiazole rings is 1. The average Bonchev–Trinajstić information content (AvgIpc) is 3.11. The Bertz CT molecular complexity index is 392. The monoisotopic (exact) mass is 265 g/mol. The van der Waals surface area contributed by atoms with Crippen LogP contribution in [0.25, 0.3) is 0 Å². The Kier molecular flexibility index (Phi) is 3.68. The van der Waals surface area contributed by atoms with Crippen LogP contribution in [0, 0.1) is 19.8 Å². The second-order valence-corrected chi connectivity index (χ2v) is 7.02. The molecule has 3 nitrogen and oxygen atoms in total. The molecule has 100 valence electrons. The molecule has 1 saturated heterocycles. The fraction of sp³-hybridized carbons (Fsp3) is 0.786. The minimum atomic E-state index is 0.731. The zero-order valence-electron chi connectivity index (χ0n) is 11.4. The summed E-state index contributed by atoms with van der Waals surface area (Å²) in [6.07, 6.45) is 4.13. The van der Waals surface area contributed by atoms with E-state index in [9.17, 15) is 0 Å². The van der Waals surface area contributed by atoms with Gasteiger partial charge in [-0.3, -0.25) is 4.90 Å². The van der Waals surface area contributed by atoms with Crippen molar-refractivity contribution in [3.8, 4) is 0 Å². The van der Waals surface area contributed by atoms with Crippen LogP contribution in [-0.4, -0.2) is 35.6 Å². The molecule has 1 atom stereocenters. The molecule has 2 aliphatic rings. The van der Waals surface area contributed by atoms with Crippen molar-refractivity contribution < 1.29 is 0 Å². The summed E-state index contributed by atoms with van der Waals surface area (Å²) in [4.78, 5) is 8.65. The highest BCUT2D eigenvalue weighted by Gasteiger charge is 2.33. The van der Waals surface area contributed by atoms with E-state index >= 15 is 0 Å². The van der Waals surface area contributed by atoms with E-state index in [1.807, 2.05) is 11.3 Å². The van der Waals surface area contributed by atoms with Gasteiger partial charge in [0.25, 0.3) is 0 Å². The van der Waals surface area contributed by atoms with Gasteiger partial charge in [-0.25, -0.2) is 4.98 Å². The summed E-state index contributed by atoms with van der Waals surface area (Å²) in [5.74, 6) is 0.949. The van der Waals surface area contributed by atoms with E-state index in [0.29, 0.717) is 0 Å². The second-order valence-electron chi connectivity index (χ2n) is 5.74. The summed E-state index contributed by atoms with van der Waals surface area (Å²) >= 11 is 1.87. The summed E-state index contributed by atoms with van der Waals surface area (Å²) in [5, 5.41) is 5.01. The third-order valence-corrected chi connectivity index (χ3v) is 5.19. The first-order valence-corrected chi connectivity index (χ1v) is 7.92. The Morgan fingerprint density at radius 3 is 2.89 bits per heavy atom. The molecule has 0 spiro atoms. The Morgan fingerprint density at radius 2 is 2.22 bits per heavy atom. The molecular weight excluding hydrogens is 242 g/mol. The summed E-state index contributed by atoms with van der Waals surface area (Å²) in [5.41, 5.74) is 1.21. The summed E-state index contributed by atoms with van der Waals surface area (Å²) in [6.45, 7) is 8.95. The van der Waals surface area contributed by atoms with Crippen molar-refractivity contribution >= 4 is 11.3 Å². The molecular formula is C14H23N3S. The number of hydrogen-bond donors (Lipinski definition) is 1. The molecule has 1 aromatic heterocycles. The molecule has 1 aromatic rings. The lowest BCUT2D eigenvalue weighted by atomic mass is 10.2. The number of rotatable bonds is 3. The van der Waals surface area contributed by atoms with Crippen LogP contribution < -0.4 is 5.32 Å². The van der Waals surface area contributed by atoms with Gasteiger partial charge in [0, 0.05) is 17.5 Å². The molecule has 1 saturated carbocycles. The van der Waals surface area contributed by atoms with E-state index in [-0.39, 0.29) is 0 Å². The van der Waals surface area contributed by atoms with Crippen LogP contribution in [0.4, 0.5) is 0 Å². The Hall–Kier alpha value is -0.450.